The zero-order valence-electron chi connectivity index (χ0n) is 20.6. The Hall–Kier alpha value is -2.12. The number of hydrogen-bond acceptors (Lipinski definition) is 5. The van der Waals surface area contributed by atoms with Crippen LogP contribution in [0.5, 0.6) is 0 Å². The molecular weight excluding hydrogens is 418 g/mol. The summed E-state index contributed by atoms with van der Waals surface area (Å²) in [4.78, 5) is 29.5. The second-order valence-corrected chi connectivity index (χ2v) is 10.2. The third kappa shape index (κ3) is 8.97. The van der Waals surface area contributed by atoms with Crippen LogP contribution in [0.1, 0.15) is 52.0 Å². The summed E-state index contributed by atoms with van der Waals surface area (Å²) in [5.41, 5.74) is 0.700. The number of likely N-dealkylation sites (tertiary alicyclic amines) is 1. The Labute approximate surface area is 198 Å². The first kappa shape index (κ1) is 25.5. The molecule has 0 bridgehead atoms. The van der Waals surface area contributed by atoms with E-state index in [2.05, 4.69) is 22.3 Å². The van der Waals surface area contributed by atoms with Crippen molar-refractivity contribution < 1.29 is 19.1 Å². The standard InChI is InChI=1S/C26H41N3O4/c1-26(2,3)33-25(31)27-23(20-21-8-5-4-6-9-21)10-7-13-28-14-11-22(12-15-28)24(30)29-16-18-32-19-17-29/h4-6,8-9,22-23H,7,10-20H2,1-3H3,(H,27,31)/t23-/m0/s1. The van der Waals surface area contributed by atoms with Crippen LogP contribution in [-0.4, -0.2) is 79.4 Å². The van der Waals surface area contributed by atoms with Crippen molar-refractivity contribution >= 4 is 12.0 Å². The van der Waals surface area contributed by atoms with Crippen molar-refractivity contribution in [3.05, 3.63) is 35.9 Å². The quantitative estimate of drug-likeness (QED) is 0.645. The van der Waals surface area contributed by atoms with Crippen LogP contribution >= 0.6 is 0 Å². The van der Waals surface area contributed by atoms with Crippen LogP contribution in [0.25, 0.3) is 0 Å². The molecule has 7 nitrogen and oxygen atoms in total. The summed E-state index contributed by atoms with van der Waals surface area (Å²) in [5, 5.41) is 3.08. The minimum atomic E-state index is -0.510. The Morgan fingerprint density at radius 1 is 1.09 bits per heavy atom. The van der Waals surface area contributed by atoms with E-state index in [9.17, 15) is 9.59 Å². The van der Waals surface area contributed by atoms with Crippen LogP contribution in [0.15, 0.2) is 30.3 Å². The molecule has 2 heterocycles. The average Bonchev–Trinajstić information content (AvgIpc) is 2.79. The van der Waals surface area contributed by atoms with E-state index < -0.39 is 5.60 Å². The highest BCUT2D eigenvalue weighted by Gasteiger charge is 2.29. The first-order chi connectivity index (χ1) is 15.8. The van der Waals surface area contributed by atoms with Gasteiger partial charge in [-0.05, 0) is 78.1 Å². The number of piperidine rings is 1. The molecule has 2 aliphatic heterocycles. The molecule has 0 spiro atoms. The number of benzene rings is 1. The van der Waals surface area contributed by atoms with E-state index in [4.69, 9.17) is 9.47 Å². The molecule has 2 amide bonds. The van der Waals surface area contributed by atoms with Gasteiger partial charge in [-0.1, -0.05) is 30.3 Å². The van der Waals surface area contributed by atoms with Crippen molar-refractivity contribution in [2.75, 3.05) is 45.9 Å². The smallest absolute Gasteiger partial charge is 0.407 e. The summed E-state index contributed by atoms with van der Waals surface area (Å²) < 4.78 is 10.8. The lowest BCUT2D eigenvalue weighted by Gasteiger charge is -2.35. The van der Waals surface area contributed by atoms with E-state index in [-0.39, 0.29) is 18.1 Å². The number of carbonyl (C=O) groups is 2. The molecule has 1 aromatic rings. The van der Waals surface area contributed by atoms with Crippen molar-refractivity contribution in [2.24, 2.45) is 5.92 Å². The van der Waals surface area contributed by atoms with Gasteiger partial charge in [-0.2, -0.15) is 0 Å². The van der Waals surface area contributed by atoms with Crippen LogP contribution in [0.3, 0.4) is 0 Å². The number of amides is 2. The van der Waals surface area contributed by atoms with E-state index in [0.717, 1.165) is 64.8 Å². The molecule has 1 N–H and O–H groups in total. The minimum absolute atomic E-state index is 0.0303. The van der Waals surface area contributed by atoms with E-state index in [1.807, 2.05) is 43.9 Å². The average molecular weight is 460 g/mol. The first-order valence-corrected chi connectivity index (χ1v) is 12.4. The van der Waals surface area contributed by atoms with Crippen molar-refractivity contribution in [3.8, 4) is 0 Å². The summed E-state index contributed by atoms with van der Waals surface area (Å²) in [5.74, 6) is 0.460. The summed E-state index contributed by atoms with van der Waals surface area (Å²) >= 11 is 0. The van der Waals surface area contributed by atoms with Crippen LogP contribution in [0.4, 0.5) is 4.79 Å². The number of morpholine rings is 1. The Kier molecular flexibility index (Phi) is 9.56. The molecule has 0 unspecified atom stereocenters. The van der Waals surface area contributed by atoms with Gasteiger partial charge in [0.1, 0.15) is 5.60 Å². The highest BCUT2D eigenvalue weighted by atomic mass is 16.6. The molecule has 0 radical (unpaired) electrons. The predicted molar refractivity (Wildman–Crippen MR) is 129 cm³/mol. The van der Waals surface area contributed by atoms with Gasteiger partial charge in [-0.3, -0.25) is 4.79 Å². The number of ether oxygens (including phenoxy) is 2. The summed E-state index contributed by atoms with van der Waals surface area (Å²) in [6, 6.07) is 10.3. The molecule has 0 aromatic heterocycles. The minimum Gasteiger partial charge on any atom is -0.444 e. The number of hydrogen-bond donors (Lipinski definition) is 1. The fourth-order valence-corrected chi connectivity index (χ4v) is 4.60. The van der Waals surface area contributed by atoms with Crippen molar-refractivity contribution in [2.45, 2.75) is 64.5 Å². The molecule has 184 valence electrons. The first-order valence-electron chi connectivity index (χ1n) is 12.4. The zero-order chi connectivity index (χ0) is 23.7. The summed E-state index contributed by atoms with van der Waals surface area (Å²) in [6.07, 6.45) is 4.18. The highest BCUT2D eigenvalue weighted by molar-refractivity contribution is 5.79. The SMILES string of the molecule is CC(C)(C)OC(=O)N[C@@H](CCCN1CCC(C(=O)N2CCOCC2)CC1)Cc1ccccc1. The van der Waals surface area contributed by atoms with Gasteiger partial charge in [0.05, 0.1) is 13.2 Å². The highest BCUT2D eigenvalue weighted by Crippen LogP contribution is 2.21. The number of nitrogens with one attached hydrogen (secondary N) is 1. The molecule has 7 heteroatoms. The number of rotatable bonds is 8. The predicted octanol–water partition coefficient (Wildman–Crippen LogP) is 3.47. The summed E-state index contributed by atoms with van der Waals surface area (Å²) in [7, 11) is 0. The van der Waals surface area contributed by atoms with Gasteiger partial charge in [0.2, 0.25) is 5.91 Å². The van der Waals surface area contributed by atoms with Crippen LogP contribution < -0.4 is 5.32 Å². The molecule has 1 atom stereocenters. The van der Waals surface area contributed by atoms with Crippen molar-refractivity contribution in [1.29, 1.82) is 0 Å². The second-order valence-electron chi connectivity index (χ2n) is 10.2. The van der Waals surface area contributed by atoms with E-state index in [0.29, 0.717) is 19.1 Å². The molecule has 3 rings (SSSR count). The molecule has 2 aliphatic rings. The fraction of sp³-hybridized carbons (Fsp3) is 0.692. The lowest BCUT2D eigenvalue weighted by molar-refractivity contribution is -0.141. The molecule has 1 aromatic carbocycles. The number of alkyl carbamates (subject to hydrolysis) is 1. The van der Waals surface area contributed by atoms with Crippen molar-refractivity contribution in [3.63, 3.8) is 0 Å². The molecule has 0 aliphatic carbocycles. The Morgan fingerprint density at radius 3 is 2.39 bits per heavy atom. The Balaban J connectivity index is 1.43. The van der Waals surface area contributed by atoms with Gasteiger partial charge in [0.15, 0.2) is 0 Å². The van der Waals surface area contributed by atoms with Crippen LogP contribution in [0, 0.1) is 5.92 Å². The lowest BCUT2D eigenvalue weighted by atomic mass is 9.94. The molecule has 0 saturated carbocycles. The molecule has 2 fully saturated rings. The van der Waals surface area contributed by atoms with Crippen LogP contribution in [0.2, 0.25) is 0 Å². The van der Waals surface area contributed by atoms with Crippen LogP contribution in [-0.2, 0) is 20.7 Å². The fourth-order valence-electron chi connectivity index (χ4n) is 4.60. The number of nitrogens with zero attached hydrogens (tertiary/aromatic N) is 2. The van der Waals surface area contributed by atoms with Gasteiger partial charge >= 0.3 is 6.09 Å². The topological polar surface area (TPSA) is 71.1 Å². The van der Waals surface area contributed by atoms with E-state index >= 15 is 0 Å². The monoisotopic (exact) mass is 459 g/mol. The summed E-state index contributed by atoms with van der Waals surface area (Å²) in [6.45, 7) is 11.3. The maximum atomic E-state index is 12.7. The molecular formula is C26H41N3O4. The van der Waals surface area contributed by atoms with Gasteiger partial charge in [0.25, 0.3) is 0 Å². The maximum absolute atomic E-state index is 12.7. The second kappa shape index (κ2) is 12.4. The largest absolute Gasteiger partial charge is 0.444 e. The maximum Gasteiger partial charge on any atom is 0.407 e. The Morgan fingerprint density at radius 2 is 1.76 bits per heavy atom. The van der Waals surface area contributed by atoms with Crippen molar-refractivity contribution in [1.82, 2.24) is 15.1 Å². The lowest BCUT2D eigenvalue weighted by Crippen LogP contribution is -2.47. The third-order valence-electron chi connectivity index (χ3n) is 6.33. The van der Waals surface area contributed by atoms with E-state index in [1.165, 1.54) is 5.56 Å². The van der Waals surface area contributed by atoms with Gasteiger partial charge in [-0.25, -0.2) is 4.79 Å². The Bertz CT molecular complexity index is 736. The normalized spacial score (nSPS) is 19.2. The number of carbonyl (C=O) groups excluding carboxylic acids is 2. The zero-order valence-corrected chi connectivity index (χ0v) is 20.6. The molecule has 33 heavy (non-hydrogen) atoms. The van der Waals surface area contributed by atoms with Gasteiger partial charge < -0.3 is 24.6 Å². The molecule has 2 saturated heterocycles. The third-order valence-corrected chi connectivity index (χ3v) is 6.33. The van der Waals surface area contributed by atoms with Gasteiger partial charge in [-0.15, -0.1) is 0 Å². The van der Waals surface area contributed by atoms with E-state index in [1.54, 1.807) is 0 Å². The van der Waals surface area contributed by atoms with Gasteiger partial charge in [0, 0.05) is 25.0 Å².